The Morgan fingerprint density at radius 3 is 0.795 bits per heavy atom. The van der Waals surface area contributed by atoms with Crippen molar-refractivity contribution in [2.75, 3.05) is 0 Å². The van der Waals surface area contributed by atoms with Crippen LogP contribution in [0.5, 0.6) is 0 Å². The Kier molecular flexibility index (Phi) is 9.28. The molecule has 1 aliphatic carbocycles. The summed E-state index contributed by atoms with van der Waals surface area (Å²) in [6.45, 7) is 0. The van der Waals surface area contributed by atoms with E-state index in [1.807, 2.05) is 0 Å². The molecule has 0 radical (unpaired) electrons. The second-order valence-electron chi connectivity index (χ2n) is 19.7. The zero-order chi connectivity index (χ0) is 48.0. The smallest absolute Gasteiger partial charge is 0.0619 e. The van der Waals surface area contributed by atoms with Gasteiger partial charge in [-0.05, 0) is 143 Å². The molecule has 0 N–H and O–H groups in total. The molecule has 0 saturated carbocycles. The van der Waals surface area contributed by atoms with E-state index in [9.17, 15) is 0 Å². The van der Waals surface area contributed by atoms with E-state index in [2.05, 4.69) is 279 Å². The Labute approximate surface area is 424 Å². The summed E-state index contributed by atoms with van der Waals surface area (Å²) >= 11 is 0. The number of hydrogen-bond acceptors (Lipinski definition) is 0. The highest BCUT2D eigenvalue weighted by molar-refractivity contribution is 6.25. The number of benzene rings is 14. The van der Waals surface area contributed by atoms with E-state index in [0.29, 0.717) is 0 Å². The molecule has 0 amide bonds. The summed E-state index contributed by atoms with van der Waals surface area (Å²) in [4.78, 5) is 0. The fourth-order valence-corrected chi connectivity index (χ4v) is 13.1. The molecule has 14 aromatic carbocycles. The van der Waals surface area contributed by atoms with Crippen LogP contribution in [0.1, 0.15) is 22.3 Å². The Bertz CT molecular complexity index is 4120. The first-order valence-corrected chi connectivity index (χ1v) is 25.5. The van der Waals surface area contributed by atoms with E-state index in [4.69, 9.17) is 0 Å². The molecule has 0 spiro atoms. The molecule has 0 atom stereocenters. The Hall–Kier alpha value is -9.36. The van der Waals surface area contributed by atoms with Crippen LogP contribution >= 0.6 is 0 Å². The van der Waals surface area contributed by atoms with Gasteiger partial charge in [-0.1, -0.05) is 279 Å². The maximum absolute atomic E-state index is 2.41. The predicted octanol–water partition coefficient (Wildman–Crippen LogP) is 19.6. The standard InChI is InChI=1S/C73H46/c1-3-23-53-47(19-1)21-17-35-57(53)71-63-31-9-5-27-59(63)69(60-28-6-10-32-64(60)71)49-39-43-51(44-40-49)73(67-37-15-13-25-55(67)56-26-14-16-38-68(56)73)52-45-41-50(42-46-52)70-61-29-7-11-33-65(61)72(66-34-12-8-30-62(66)70)58-36-18-22-48-20-2-4-24-54(48)58/h1-46H. The monoisotopic (exact) mass is 922 g/mol. The Morgan fingerprint density at radius 2 is 0.438 bits per heavy atom. The molecule has 0 nitrogen and oxygen atoms in total. The molecule has 0 saturated heterocycles. The number of fused-ring (bicyclic) bond motifs is 9. The third-order valence-electron chi connectivity index (χ3n) is 16.1. The zero-order valence-corrected chi connectivity index (χ0v) is 40.1. The maximum atomic E-state index is 2.41. The van der Waals surface area contributed by atoms with E-state index in [1.165, 1.54) is 143 Å². The molecule has 0 aromatic heterocycles. The molecule has 73 heavy (non-hydrogen) atoms. The molecule has 0 aliphatic heterocycles. The highest BCUT2D eigenvalue weighted by Crippen LogP contribution is 2.57. The van der Waals surface area contributed by atoms with Gasteiger partial charge in [-0.25, -0.2) is 0 Å². The molecule has 0 fully saturated rings. The van der Waals surface area contributed by atoms with Crippen molar-refractivity contribution in [3.8, 4) is 55.6 Å². The van der Waals surface area contributed by atoms with Crippen molar-refractivity contribution in [3.63, 3.8) is 0 Å². The van der Waals surface area contributed by atoms with Crippen LogP contribution < -0.4 is 0 Å². The normalized spacial score (nSPS) is 12.8. The van der Waals surface area contributed by atoms with Gasteiger partial charge in [-0.15, -0.1) is 0 Å². The zero-order valence-electron chi connectivity index (χ0n) is 40.1. The van der Waals surface area contributed by atoms with Crippen molar-refractivity contribution in [1.29, 1.82) is 0 Å². The van der Waals surface area contributed by atoms with Crippen molar-refractivity contribution in [3.05, 3.63) is 301 Å². The highest BCUT2D eigenvalue weighted by Gasteiger charge is 2.46. The second kappa shape index (κ2) is 16.4. The van der Waals surface area contributed by atoms with Crippen molar-refractivity contribution >= 4 is 64.6 Å². The Morgan fingerprint density at radius 1 is 0.178 bits per heavy atom. The molecule has 338 valence electrons. The summed E-state index contributed by atoms with van der Waals surface area (Å²) in [5, 5.41) is 15.1. The SMILES string of the molecule is c1ccc2c(c1)-c1ccccc1C2(c1ccc(-c2c3ccccc3c(-c3cccc4ccccc34)c3ccccc23)cc1)c1ccc(-c2c3ccccc3c(-c3cccc4ccccc34)c3ccccc23)cc1. The van der Waals surface area contributed by atoms with E-state index in [1.54, 1.807) is 0 Å². The second-order valence-corrected chi connectivity index (χ2v) is 19.7. The van der Waals surface area contributed by atoms with Crippen LogP contribution in [0.25, 0.3) is 120 Å². The van der Waals surface area contributed by atoms with Gasteiger partial charge in [0, 0.05) is 0 Å². The minimum atomic E-state index is -0.561. The first-order chi connectivity index (χ1) is 36.3. The molecule has 14 aromatic rings. The van der Waals surface area contributed by atoms with E-state index < -0.39 is 5.41 Å². The van der Waals surface area contributed by atoms with Gasteiger partial charge in [0.2, 0.25) is 0 Å². The van der Waals surface area contributed by atoms with Crippen LogP contribution in [-0.2, 0) is 5.41 Å². The van der Waals surface area contributed by atoms with Crippen LogP contribution in [-0.4, -0.2) is 0 Å². The van der Waals surface area contributed by atoms with Gasteiger partial charge in [0.05, 0.1) is 5.41 Å². The van der Waals surface area contributed by atoms with Crippen LogP contribution in [0.2, 0.25) is 0 Å². The molecule has 1 aliphatic rings. The lowest BCUT2D eigenvalue weighted by Gasteiger charge is -2.34. The molecule has 15 rings (SSSR count). The molecular formula is C73H46. The van der Waals surface area contributed by atoms with E-state index >= 15 is 0 Å². The third kappa shape index (κ3) is 6.08. The van der Waals surface area contributed by atoms with Crippen molar-refractivity contribution in [2.45, 2.75) is 5.41 Å². The largest absolute Gasteiger partial charge is 0.0713 e. The average molecular weight is 923 g/mol. The molecule has 0 unspecified atom stereocenters. The van der Waals surface area contributed by atoms with Crippen molar-refractivity contribution < 1.29 is 0 Å². The van der Waals surface area contributed by atoms with Gasteiger partial charge in [-0.2, -0.15) is 0 Å². The lowest BCUT2D eigenvalue weighted by atomic mass is 9.67. The quantitative estimate of drug-likeness (QED) is 0.146. The van der Waals surface area contributed by atoms with Gasteiger partial charge in [-0.3, -0.25) is 0 Å². The van der Waals surface area contributed by atoms with Crippen LogP contribution in [0.3, 0.4) is 0 Å². The first kappa shape index (κ1) is 41.4. The number of hydrogen-bond donors (Lipinski definition) is 0. The molecule has 0 heterocycles. The van der Waals surface area contributed by atoms with Gasteiger partial charge in [0.15, 0.2) is 0 Å². The Balaban J connectivity index is 0.924. The summed E-state index contributed by atoms with van der Waals surface area (Å²) in [6, 6.07) is 104. The summed E-state index contributed by atoms with van der Waals surface area (Å²) < 4.78 is 0. The van der Waals surface area contributed by atoms with Crippen molar-refractivity contribution in [1.82, 2.24) is 0 Å². The van der Waals surface area contributed by atoms with E-state index in [0.717, 1.165) is 0 Å². The summed E-state index contributed by atoms with van der Waals surface area (Å²) in [7, 11) is 0. The maximum Gasteiger partial charge on any atom is 0.0713 e. The fourth-order valence-electron chi connectivity index (χ4n) is 13.1. The summed E-state index contributed by atoms with van der Waals surface area (Å²) in [5.41, 5.74) is 17.1. The number of rotatable bonds is 6. The fraction of sp³-hybridized carbons (Fsp3) is 0.0137. The topological polar surface area (TPSA) is 0 Å². The third-order valence-corrected chi connectivity index (χ3v) is 16.1. The summed E-state index contributed by atoms with van der Waals surface area (Å²) in [6.07, 6.45) is 0. The van der Waals surface area contributed by atoms with E-state index in [-0.39, 0.29) is 0 Å². The van der Waals surface area contributed by atoms with Crippen LogP contribution in [0, 0.1) is 0 Å². The lowest BCUT2D eigenvalue weighted by molar-refractivity contribution is 0.769. The van der Waals surface area contributed by atoms with Gasteiger partial charge in [0.25, 0.3) is 0 Å². The minimum absolute atomic E-state index is 0.561. The lowest BCUT2D eigenvalue weighted by Crippen LogP contribution is -2.28. The predicted molar refractivity (Wildman–Crippen MR) is 311 cm³/mol. The van der Waals surface area contributed by atoms with Gasteiger partial charge < -0.3 is 0 Å². The average Bonchev–Trinajstić information content (AvgIpc) is 3.77. The molecule has 0 heteroatoms. The highest BCUT2D eigenvalue weighted by atomic mass is 14.5. The van der Waals surface area contributed by atoms with Crippen LogP contribution in [0.4, 0.5) is 0 Å². The summed E-state index contributed by atoms with van der Waals surface area (Å²) in [5.74, 6) is 0. The van der Waals surface area contributed by atoms with Crippen molar-refractivity contribution in [2.24, 2.45) is 0 Å². The van der Waals surface area contributed by atoms with Gasteiger partial charge >= 0.3 is 0 Å². The molecular weight excluding hydrogens is 877 g/mol. The first-order valence-electron chi connectivity index (χ1n) is 25.5. The molecule has 0 bridgehead atoms. The minimum Gasteiger partial charge on any atom is -0.0619 e. The van der Waals surface area contributed by atoms with Crippen LogP contribution in [0.15, 0.2) is 279 Å². The van der Waals surface area contributed by atoms with Gasteiger partial charge in [0.1, 0.15) is 0 Å².